The Morgan fingerprint density at radius 1 is 1.38 bits per heavy atom. The van der Waals surface area contributed by atoms with Crippen LogP contribution in [0.4, 0.5) is 13.2 Å². The van der Waals surface area contributed by atoms with Crippen LogP contribution in [0.2, 0.25) is 0 Å². The van der Waals surface area contributed by atoms with Gasteiger partial charge in [-0.3, -0.25) is 4.79 Å². The van der Waals surface area contributed by atoms with Gasteiger partial charge < -0.3 is 19.8 Å². The number of primary amides is 1. The molecular weight excluding hydrogens is 447 g/mol. The van der Waals surface area contributed by atoms with Crippen LogP contribution in [0.25, 0.3) is 11.2 Å². The second-order valence-corrected chi connectivity index (χ2v) is 9.15. The third-order valence-corrected chi connectivity index (χ3v) is 6.72. The number of imidazole rings is 1. The van der Waals surface area contributed by atoms with Gasteiger partial charge in [0, 0.05) is 36.1 Å². The second kappa shape index (κ2) is 9.55. The summed E-state index contributed by atoms with van der Waals surface area (Å²) < 4.78 is 50.8. The zero-order chi connectivity index (χ0) is 23.5. The molecular formula is C20H22F3N5O3S. The lowest BCUT2D eigenvalue weighted by Gasteiger charge is -2.40. The molecule has 172 valence electrons. The van der Waals surface area contributed by atoms with Crippen molar-refractivity contribution in [2.45, 2.75) is 18.8 Å². The summed E-state index contributed by atoms with van der Waals surface area (Å²) in [7, 11) is 2.05. The van der Waals surface area contributed by atoms with Gasteiger partial charge in [-0.05, 0) is 6.07 Å². The van der Waals surface area contributed by atoms with Gasteiger partial charge in [0.1, 0.15) is 23.8 Å². The summed E-state index contributed by atoms with van der Waals surface area (Å²) in [5.41, 5.74) is 5.47. The molecule has 1 amide bonds. The average Bonchev–Trinajstić information content (AvgIpc) is 3.04. The Morgan fingerprint density at radius 2 is 2.06 bits per heavy atom. The van der Waals surface area contributed by atoms with Crippen LogP contribution in [0.3, 0.4) is 0 Å². The van der Waals surface area contributed by atoms with E-state index >= 15 is 0 Å². The van der Waals surface area contributed by atoms with E-state index in [9.17, 15) is 13.2 Å². The number of ether oxygens (including phenoxy) is 2. The lowest BCUT2D eigenvalue weighted by atomic mass is 9.94. The molecule has 1 fully saturated rings. The van der Waals surface area contributed by atoms with Gasteiger partial charge in [0.15, 0.2) is 11.4 Å². The number of carbonyl (C=O) groups excluding carboxylic acids is 1. The Bertz CT molecular complexity index is 1150. The quantitative estimate of drug-likeness (QED) is 0.440. The predicted octanol–water partition coefficient (Wildman–Crippen LogP) is 3.01. The fraction of sp³-hybridized carbons (Fsp3) is 0.350. The van der Waals surface area contributed by atoms with E-state index in [1.54, 1.807) is 12.1 Å². The van der Waals surface area contributed by atoms with E-state index in [1.165, 1.54) is 0 Å². The highest BCUT2D eigenvalue weighted by Crippen LogP contribution is 2.44. The zero-order valence-electron chi connectivity index (χ0n) is 17.4. The summed E-state index contributed by atoms with van der Waals surface area (Å²) >= 11 is 0. The topological polar surface area (TPSA) is 105 Å². The molecule has 0 bridgehead atoms. The molecule has 4 rings (SSSR count). The summed E-state index contributed by atoms with van der Waals surface area (Å²) in [6, 6.07) is 4.30. The summed E-state index contributed by atoms with van der Waals surface area (Å²) in [6.07, 6.45) is -1.54. The predicted molar refractivity (Wildman–Crippen MR) is 116 cm³/mol. The van der Waals surface area contributed by atoms with Crippen LogP contribution in [0.15, 0.2) is 24.4 Å². The van der Waals surface area contributed by atoms with Crippen molar-refractivity contribution in [1.82, 2.24) is 19.5 Å². The number of hydrogen-bond acceptors (Lipinski definition) is 6. The van der Waals surface area contributed by atoms with Crippen molar-refractivity contribution in [2.75, 3.05) is 18.1 Å². The van der Waals surface area contributed by atoms with Crippen LogP contribution < -0.4 is 15.2 Å². The van der Waals surface area contributed by atoms with Gasteiger partial charge in [-0.2, -0.15) is 15.5 Å². The largest absolute Gasteiger partial charge is 0.482 e. The monoisotopic (exact) mass is 469 g/mol. The molecule has 0 atom stereocenters. The van der Waals surface area contributed by atoms with Crippen molar-refractivity contribution in [1.29, 1.82) is 0 Å². The molecule has 2 N–H and O–H groups in total. The fourth-order valence-electron chi connectivity index (χ4n) is 3.47. The first-order valence-electron chi connectivity index (χ1n) is 9.37. The van der Waals surface area contributed by atoms with Crippen LogP contribution >= 0.6 is 10.5 Å². The highest BCUT2D eigenvalue weighted by Gasteiger charge is 2.40. The minimum absolute atomic E-state index is 0.0316. The Hall–Kier alpha value is -3.15. The first-order valence-corrected chi connectivity index (χ1v) is 11.1. The van der Waals surface area contributed by atoms with Gasteiger partial charge in [0.2, 0.25) is 12.3 Å². The fourth-order valence-corrected chi connectivity index (χ4v) is 5.45. The molecule has 0 aromatic carbocycles. The maximum absolute atomic E-state index is 13.4. The molecule has 3 aromatic heterocycles. The Kier molecular flexibility index (Phi) is 7.02. The van der Waals surface area contributed by atoms with Crippen molar-refractivity contribution in [3.63, 3.8) is 0 Å². The molecule has 3 aromatic rings. The minimum atomic E-state index is -2.71. The molecule has 0 spiro atoms. The number of nitrogens with two attached hydrogens (primary N) is 1. The van der Waals surface area contributed by atoms with Crippen molar-refractivity contribution in [2.24, 2.45) is 12.8 Å². The normalized spacial score (nSPS) is 19.8. The smallest absolute Gasteiger partial charge is 0.272 e. The first kappa shape index (κ1) is 23.5. The number of fused-ring (bicyclic) bond motifs is 1. The Labute approximate surface area is 184 Å². The molecule has 0 radical (unpaired) electrons. The zero-order valence-corrected chi connectivity index (χ0v) is 18.2. The molecule has 1 saturated heterocycles. The lowest BCUT2D eigenvalue weighted by Crippen LogP contribution is -2.41. The number of halogens is 3. The van der Waals surface area contributed by atoms with E-state index in [0.717, 1.165) is 29.6 Å². The van der Waals surface area contributed by atoms with Crippen LogP contribution in [0, 0.1) is 5.82 Å². The number of amides is 1. The first-order chi connectivity index (χ1) is 15.2. The van der Waals surface area contributed by atoms with E-state index in [2.05, 4.69) is 28.5 Å². The number of hydrogen-bond donors (Lipinski definition) is 1. The van der Waals surface area contributed by atoms with E-state index in [-0.39, 0.29) is 39.8 Å². The summed E-state index contributed by atoms with van der Waals surface area (Å²) in [5.74, 6) is 6.10. The maximum atomic E-state index is 13.4. The van der Waals surface area contributed by atoms with Gasteiger partial charge in [0.05, 0.1) is 6.20 Å². The molecule has 4 heterocycles. The van der Waals surface area contributed by atoms with Crippen LogP contribution in [-0.2, 0) is 17.3 Å². The lowest BCUT2D eigenvalue weighted by molar-refractivity contribution is -0.106. The van der Waals surface area contributed by atoms with E-state index in [0.29, 0.717) is 11.2 Å². The van der Waals surface area contributed by atoms with Crippen LogP contribution in [-0.4, -0.2) is 56.3 Å². The summed E-state index contributed by atoms with van der Waals surface area (Å²) in [6.45, 7) is 1.26. The van der Waals surface area contributed by atoms with Crippen molar-refractivity contribution in [3.05, 3.63) is 36.0 Å². The molecule has 0 unspecified atom stereocenters. The van der Waals surface area contributed by atoms with Crippen molar-refractivity contribution in [3.8, 4) is 17.5 Å². The molecule has 1 aliphatic rings. The highest BCUT2D eigenvalue weighted by molar-refractivity contribution is 8.15. The molecule has 32 heavy (non-hydrogen) atoms. The summed E-state index contributed by atoms with van der Waals surface area (Å²) in [4.78, 5) is 21.6. The van der Waals surface area contributed by atoms with Crippen molar-refractivity contribution >= 4 is 33.9 Å². The van der Waals surface area contributed by atoms with E-state index < -0.39 is 18.8 Å². The van der Waals surface area contributed by atoms with Crippen molar-refractivity contribution < 1.29 is 27.4 Å². The van der Waals surface area contributed by atoms with E-state index in [1.807, 2.05) is 11.6 Å². The number of pyridine rings is 2. The number of nitrogens with zero attached hydrogens (tertiary/aromatic N) is 4. The molecule has 0 saturated carbocycles. The van der Waals surface area contributed by atoms with E-state index in [4.69, 9.17) is 19.3 Å². The summed E-state index contributed by atoms with van der Waals surface area (Å²) in [5, 5.41) is 0. The third kappa shape index (κ3) is 5.01. The Balaban J connectivity index is 0.000000913. The average molecular weight is 469 g/mol. The number of rotatable bonds is 6. The van der Waals surface area contributed by atoms with Gasteiger partial charge in [-0.25, -0.2) is 23.1 Å². The molecule has 12 heteroatoms. The molecule has 1 aliphatic heterocycles. The standard InChI is InChI=1S/C19H19F3N4O2S.CH3NO/c1-19(9-29(3)10-19)18-24-12-4-5-15(25-16(12)26(18)2)28-17-13(27-8-14(21)22)6-11(20)7-23-17;2-1-3/h4-7,14H,3,8-10H2,1-2H3;1H,(H2,2,3). The minimum Gasteiger partial charge on any atom is -0.482 e. The van der Waals surface area contributed by atoms with Crippen LogP contribution in [0.5, 0.6) is 17.5 Å². The number of aromatic nitrogens is 4. The van der Waals surface area contributed by atoms with Gasteiger partial charge >= 0.3 is 0 Å². The number of alkyl halides is 2. The van der Waals surface area contributed by atoms with Gasteiger partial charge in [-0.15, -0.1) is 0 Å². The maximum Gasteiger partial charge on any atom is 0.272 e. The molecule has 0 aliphatic carbocycles. The van der Waals surface area contributed by atoms with Crippen LogP contribution in [0.1, 0.15) is 12.7 Å². The van der Waals surface area contributed by atoms with Gasteiger partial charge in [-0.1, -0.05) is 12.8 Å². The highest BCUT2D eigenvalue weighted by atomic mass is 32.2. The third-order valence-electron chi connectivity index (χ3n) is 4.63. The number of carbonyl (C=O) groups is 1. The second-order valence-electron chi connectivity index (χ2n) is 7.35. The molecule has 8 nitrogen and oxygen atoms in total. The number of aryl methyl sites for hydroxylation is 1. The SMILES string of the molecule is C=S1CC(C)(c2nc3ccc(Oc4ncc(F)cc4OCC(F)F)nc3n2C)C1.NC=O. The van der Waals surface area contributed by atoms with Gasteiger partial charge in [0.25, 0.3) is 12.3 Å². The Morgan fingerprint density at radius 3 is 2.69 bits per heavy atom.